The molecule has 3 atom stereocenters. The summed E-state index contributed by atoms with van der Waals surface area (Å²) in [5, 5.41) is 9.86. The Kier molecular flexibility index (Phi) is 10.1. The fraction of sp³-hybridized carbons (Fsp3) is 0.433. The second-order valence-corrected chi connectivity index (χ2v) is 11.0. The van der Waals surface area contributed by atoms with Crippen LogP contribution < -0.4 is 21.3 Å². The van der Waals surface area contributed by atoms with Crippen LogP contribution in [-0.2, 0) is 28.7 Å². The minimum atomic E-state index is -1.00. The van der Waals surface area contributed by atoms with Gasteiger partial charge in [0.05, 0.1) is 0 Å². The maximum absolute atomic E-state index is 12.6. The predicted molar refractivity (Wildman–Crippen MR) is 152 cm³/mol. The van der Waals surface area contributed by atoms with Crippen LogP contribution in [0.1, 0.15) is 58.6 Å². The van der Waals surface area contributed by atoms with Crippen LogP contribution in [-0.4, -0.2) is 66.7 Å². The van der Waals surface area contributed by atoms with E-state index < -0.39 is 53.5 Å². The molecule has 220 valence electrons. The Hall–Kier alpha value is -4.41. The van der Waals surface area contributed by atoms with Crippen molar-refractivity contribution < 1.29 is 33.4 Å². The van der Waals surface area contributed by atoms with Crippen molar-refractivity contribution in [2.45, 2.75) is 71.2 Å². The zero-order valence-corrected chi connectivity index (χ0v) is 24.2. The molecule has 3 rings (SSSR count). The molecule has 0 radical (unpaired) electrons. The summed E-state index contributed by atoms with van der Waals surface area (Å²) in [6.07, 6.45) is -0.762. The number of hydrogen-bond donors (Lipinski definition) is 4. The zero-order valence-electron chi connectivity index (χ0n) is 24.2. The fourth-order valence-electron chi connectivity index (χ4n) is 4.38. The van der Waals surface area contributed by atoms with E-state index >= 15 is 0 Å². The number of nitrogens with one attached hydrogen (secondary N) is 4. The molecule has 1 aliphatic carbocycles. The Morgan fingerprint density at radius 1 is 0.732 bits per heavy atom. The van der Waals surface area contributed by atoms with Crippen LogP contribution >= 0.6 is 0 Å². The van der Waals surface area contributed by atoms with Gasteiger partial charge in [0.1, 0.15) is 36.9 Å². The Morgan fingerprint density at radius 2 is 1.20 bits per heavy atom. The third-order valence-corrected chi connectivity index (χ3v) is 6.40. The number of benzene rings is 2. The average Bonchev–Trinajstić information content (AvgIpc) is 3.23. The van der Waals surface area contributed by atoms with Crippen molar-refractivity contribution in [2.75, 3.05) is 13.2 Å². The van der Waals surface area contributed by atoms with E-state index in [-0.39, 0.29) is 19.1 Å². The third kappa shape index (κ3) is 8.54. The summed E-state index contributed by atoms with van der Waals surface area (Å²) in [6.45, 7) is 9.23. The Bertz CT molecular complexity index is 1260. The number of carbonyl (C=O) groups is 5. The molecular formula is C30H38N4O7. The van der Waals surface area contributed by atoms with E-state index in [1.165, 1.54) is 20.8 Å². The van der Waals surface area contributed by atoms with Gasteiger partial charge in [0, 0.05) is 5.92 Å². The van der Waals surface area contributed by atoms with E-state index in [1.807, 2.05) is 48.5 Å². The van der Waals surface area contributed by atoms with Gasteiger partial charge in [0.15, 0.2) is 0 Å². The van der Waals surface area contributed by atoms with Crippen molar-refractivity contribution in [1.29, 1.82) is 0 Å². The maximum atomic E-state index is 12.6. The highest BCUT2D eigenvalue weighted by Gasteiger charge is 2.30. The summed E-state index contributed by atoms with van der Waals surface area (Å²) < 4.78 is 10.6. The predicted octanol–water partition coefficient (Wildman–Crippen LogP) is 2.38. The molecule has 41 heavy (non-hydrogen) atoms. The quantitative estimate of drug-likeness (QED) is 0.322. The van der Waals surface area contributed by atoms with Gasteiger partial charge >= 0.3 is 12.1 Å². The lowest BCUT2D eigenvalue weighted by Gasteiger charge is -2.21. The lowest BCUT2D eigenvalue weighted by molar-refractivity contribution is -0.154. The molecule has 2 aromatic rings. The largest absolute Gasteiger partial charge is 0.459 e. The third-order valence-electron chi connectivity index (χ3n) is 6.40. The Balaban J connectivity index is 1.43. The molecule has 0 bridgehead atoms. The van der Waals surface area contributed by atoms with E-state index in [1.54, 1.807) is 20.8 Å². The van der Waals surface area contributed by atoms with Crippen molar-refractivity contribution >= 4 is 29.8 Å². The van der Waals surface area contributed by atoms with Crippen molar-refractivity contribution in [2.24, 2.45) is 0 Å². The number of rotatable bonds is 10. The first-order valence-electron chi connectivity index (χ1n) is 13.5. The van der Waals surface area contributed by atoms with Crippen molar-refractivity contribution in [3.05, 3.63) is 59.7 Å². The molecule has 0 saturated heterocycles. The summed E-state index contributed by atoms with van der Waals surface area (Å²) in [7, 11) is 0. The number of esters is 1. The van der Waals surface area contributed by atoms with Gasteiger partial charge in [-0.1, -0.05) is 48.5 Å². The van der Waals surface area contributed by atoms with Crippen LogP contribution in [0, 0.1) is 0 Å². The zero-order chi connectivity index (χ0) is 30.3. The lowest BCUT2D eigenvalue weighted by atomic mass is 9.98. The van der Waals surface area contributed by atoms with E-state index in [9.17, 15) is 24.0 Å². The van der Waals surface area contributed by atoms with E-state index in [2.05, 4.69) is 21.3 Å². The highest BCUT2D eigenvalue weighted by atomic mass is 16.6. The summed E-state index contributed by atoms with van der Waals surface area (Å²) in [5.74, 6) is -2.55. The summed E-state index contributed by atoms with van der Waals surface area (Å²) in [4.78, 5) is 61.6. The lowest BCUT2D eigenvalue weighted by Crippen LogP contribution is -2.55. The van der Waals surface area contributed by atoms with Gasteiger partial charge in [-0.2, -0.15) is 0 Å². The van der Waals surface area contributed by atoms with Gasteiger partial charge in [-0.3, -0.25) is 19.2 Å². The topological polar surface area (TPSA) is 152 Å². The number of alkyl carbamates (subject to hydrolysis) is 1. The van der Waals surface area contributed by atoms with Gasteiger partial charge < -0.3 is 30.7 Å². The summed E-state index contributed by atoms with van der Waals surface area (Å²) in [6, 6.07) is 12.9. The van der Waals surface area contributed by atoms with E-state index in [0.717, 1.165) is 22.3 Å². The van der Waals surface area contributed by atoms with Crippen LogP contribution in [0.2, 0.25) is 0 Å². The Morgan fingerprint density at radius 3 is 1.71 bits per heavy atom. The van der Waals surface area contributed by atoms with Crippen molar-refractivity contribution in [3.63, 3.8) is 0 Å². The van der Waals surface area contributed by atoms with Gasteiger partial charge in [-0.05, 0) is 63.8 Å². The highest BCUT2D eigenvalue weighted by Crippen LogP contribution is 2.44. The highest BCUT2D eigenvalue weighted by molar-refractivity contribution is 5.94. The number of amides is 4. The number of fused-ring (bicyclic) bond motifs is 3. The summed E-state index contributed by atoms with van der Waals surface area (Å²) >= 11 is 0. The Labute approximate surface area is 239 Å². The van der Waals surface area contributed by atoms with Gasteiger partial charge in [-0.25, -0.2) is 4.79 Å². The standard InChI is InChI=1S/C30H38N4O7/c1-17(26(36)31-15-25(35)41-30(4,5)6)32-27(37)18(2)33-28(38)19(3)34-29(39)40-16-24-22-13-9-7-11-20(22)21-12-8-10-14-23(21)24/h7-14,17-19,24H,15-16H2,1-6H3,(H,31,36)(H,32,37)(H,33,38)(H,34,39)/t17-,18+,19-/m0/s1. The SMILES string of the molecule is C[C@H](NC(=O)OCC1c2ccccc2-c2ccccc21)C(=O)N[C@H](C)C(=O)N[C@@H](C)C(=O)NCC(=O)OC(C)(C)C. The molecular weight excluding hydrogens is 528 g/mol. The smallest absolute Gasteiger partial charge is 0.407 e. The molecule has 0 spiro atoms. The summed E-state index contributed by atoms with van der Waals surface area (Å²) in [5.41, 5.74) is 3.66. The molecule has 0 heterocycles. The minimum absolute atomic E-state index is 0.0981. The van der Waals surface area contributed by atoms with E-state index in [0.29, 0.717) is 0 Å². The molecule has 4 amide bonds. The van der Waals surface area contributed by atoms with Gasteiger partial charge in [0.2, 0.25) is 17.7 Å². The normalized spacial score (nSPS) is 14.4. The number of hydrogen-bond acceptors (Lipinski definition) is 7. The van der Waals surface area contributed by atoms with E-state index in [4.69, 9.17) is 9.47 Å². The van der Waals surface area contributed by atoms with Crippen molar-refractivity contribution in [3.8, 4) is 11.1 Å². The van der Waals surface area contributed by atoms with Crippen molar-refractivity contribution in [1.82, 2.24) is 21.3 Å². The second-order valence-electron chi connectivity index (χ2n) is 11.0. The molecule has 2 aromatic carbocycles. The van der Waals surface area contributed by atoms with Gasteiger partial charge in [-0.15, -0.1) is 0 Å². The van der Waals surface area contributed by atoms with Crippen LogP contribution in [0.15, 0.2) is 48.5 Å². The molecule has 0 unspecified atom stereocenters. The molecule has 0 saturated carbocycles. The average molecular weight is 567 g/mol. The van der Waals surface area contributed by atoms with Crippen LogP contribution in [0.3, 0.4) is 0 Å². The molecule has 11 heteroatoms. The fourth-order valence-corrected chi connectivity index (χ4v) is 4.38. The maximum Gasteiger partial charge on any atom is 0.407 e. The first-order valence-corrected chi connectivity index (χ1v) is 13.5. The van der Waals surface area contributed by atoms with Crippen LogP contribution in [0.4, 0.5) is 4.79 Å². The monoisotopic (exact) mass is 566 g/mol. The molecule has 0 aromatic heterocycles. The second kappa shape index (κ2) is 13.3. The minimum Gasteiger partial charge on any atom is -0.459 e. The molecule has 4 N–H and O–H groups in total. The first-order chi connectivity index (χ1) is 19.3. The van der Waals surface area contributed by atoms with Crippen LogP contribution in [0.5, 0.6) is 0 Å². The van der Waals surface area contributed by atoms with Crippen LogP contribution in [0.25, 0.3) is 11.1 Å². The van der Waals surface area contributed by atoms with Gasteiger partial charge in [0.25, 0.3) is 0 Å². The number of carbonyl (C=O) groups excluding carboxylic acids is 5. The molecule has 11 nitrogen and oxygen atoms in total. The number of ether oxygens (including phenoxy) is 2. The molecule has 1 aliphatic rings. The molecule has 0 fully saturated rings. The first kappa shape index (κ1) is 31.1. The molecule has 0 aliphatic heterocycles.